The number of rotatable bonds is 2. The number of nitrogens with one attached hydrogen (secondary N) is 1. The van der Waals surface area contributed by atoms with Crippen LogP contribution in [0.2, 0.25) is 0 Å². The van der Waals surface area contributed by atoms with Crippen LogP contribution in [0.1, 0.15) is 30.5 Å². The number of nitro groups is 1. The zero-order chi connectivity index (χ0) is 25.2. The highest BCUT2D eigenvalue weighted by atomic mass is 16.6. The standard InChI is InChI=1S/C25H26N4O6/c1-13-7-14(2)9-19(8-13)28-23(31)25(22(30)26-24(28)32)11-17-10-18(29(33)34)5-6-20(17)27-12-15(3)35-16(4)21(25)27/h5-10,15-16,21H,11-12H2,1-4H3,(H,26,30,32)/t15-,16+,21+,25+/m0/s1. The van der Waals surface area contributed by atoms with Gasteiger partial charge in [-0.3, -0.25) is 25.0 Å². The Kier molecular flexibility index (Phi) is 5.17. The van der Waals surface area contributed by atoms with Crippen molar-refractivity contribution in [2.75, 3.05) is 16.3 Å². The molecule has 0 radical (unpaired) electrons. The maximum Gasteiger partial charge on any atom is 0.335 e. The summed E-state index contributed by atoms with van der Waals surface area (Å²) in [4.78, 5) is 54.8. The third-order valence-corrected chi connectivity index (χ3v) is 7.12. The van der Waals surface area contributed by atoms with Crippen LogP contribution in [0.4, 0.5) is 21.9 Å². The van der Waals surface area contributed by atoms with E-state index in [0.717, 1.165) is 21.7 Å². The molecule has 182 valence electrons. The van der Waals surface area contributed by atoms with Gasteiger partial charge in [0.25, 0.3) is 11.6 Å². The molecule has 0 saturated carbocycles. The molecule has 2 aromatic carbocycles. The van der Waals surface area contributed by atoms with Gasteiger partial charge in [0.15, 0.2) is 5.41 Å². The van der Waals surface area contributed by atoms with E-state index < -0.39 is 40.3 Å². The number of benzene rings is 2. The number of carbonyl (C=O) groups excluding carboxylic acids is 3. The number of carbonyl (C=O) groups is 3. The van der Waals surface area contributed by atoms with E-state index in [-0.39, 0.29) is 18.2 Å². The van der Waals surface area contributed by atoms with Crippen molar-refractivity contribution < 1.29 is 24.0 Å². The number of nitro benzene ring substituents is 1. The Morgan fingerprint density at radius 3 is 2.43 bits per heavy atom. The lowest BCUT2D eigenvalue weighted by atomic mass is 9.66. The smallest absolute Gasteiger partial charge is 0.335 e. The van der Waals surface area contributed by atoms with Crippen molar-refractivity contribution in [1.82, 2.24) is 5.32 Å². The van der Waals surface area contributed by atoms with Gasteiger partial charge in [-0.15, -0.1) is 0 Å². The highest BCUT2D eigenvalue weighted by Gasteiger charge is 2.65. The van der Waals surface area contributed by atoms with E-state index in [1.807, 2.05) is 38.7 Å². The molecule has 10 heteroatoms. The van der Waals surface area contributed by atoms with Crippen LogP contribution in [0.15, 0.2) is 36.4 Å². The van der Waals surface area contributed by atoms with E-state index in [1.54, 1.807) is 18.2 Å². The fraction of sp³-hybridized carbons (Fsp3) is 0.400. The van der Waals surface area contributed by atoms with E-state index in [9.17, 15) is 24.5 Å². The van der Waals surface area contributed by atoms with Crippen LogP contribution in [0, 0.1) is 29.4 Å². The lowest BCUT2D eigenvalue weighted by Gasteiger charge is -2.56. The van der Waals surface area contributed by atoms with Crippen molar-refractivity contribution in [3.63, 3.8) is 0 Å². The number of ether oxygens (including phenoxy) is 1. The van der Waals surface area contributed by atoms with Crippen LogP contribution in [0.25, 0.3) is 0 Å². The van der Waals surface area contributed by atoms with Gasteiger partial charge in [0.2, 0.25) is 5.91 Å². The number of barbiturate groups is 1. The number of fused-ring (bicyclic) bond motifs is 4. The zero-order valence-corrected chi connectivity index (χ0v) is 19.9. The van der Waals surface area contributed by atoms with E-state index in [1.165, 1.54) is 12.1 Å². The van der Waals surface area contributed by atoms with Crippen molar-refractivity contribution in [1.29, 1.82) is 0 Å². The summed E-state index contributed by atoms with van der Waals surface area (Å²) in [7, 11) is 0. The van der Waals surface area contributed by atoms with Gasteiger partial charge < -0.3 is 9.64 Å². The summed E-state index contributed by atoms with van der Waals surface area (Å²) in [5.74, 6) is -1.38. The quantitative estimate of drug-likeness (QED) is 0.400. The van der Waals surface area contributed by atoms with E-state index >= 15 is 0 Å². The molecule has 2 aromatic rings. The van der Waals surface area contributed by atoms with Gasteiger partial charge in [-0.05, 0) is 62.6 Å². The number of nitrogens with zero attached hydrogens (tertiary/aromatic N) is 3. The van der Waals surface area contributed by atoms with Crippen LogP contribution in [0.3, 0.4) is 0 Å². The number of morpholine rings is 1. The molecule has 0 unspecified atom stereocenters. The minimum absolute atomic E-state index is 0.0908. The predicted molar refractivity (Wildman–Crippen MR) is 127 cm³/mol. The molecular formula is C25H26N4O6. The summed E-state index contributed by atoms with van der Waals surface area (Å²) >= 11 is 0. The molecule has 1 N–H and O–H groups in total. The molecule has 4 atom stereocenters. The first-order valence-corrected chi connectivity index (χ1v) is 11.5. The zero-order valence-electron chi connectivity index (χ0n) is 19.9. The lowest BCUT2D eigenvalue weighted by Crippen LogP contribution is -2.76. The molecule has 10 nitrogen and oxygen atoms in total. The van der Waals surface area contributed by atoms with E-state index in [2.05, 4.69) is 5.32 Å². The van der Waals surface area contributed by atoms with Crippen LogP contribution in [0.5, 0.6) is 0 Å². The maximum atomic E-state index is 14.3. The van der Waals surface area contributed by atoms with Crippen LogP contribution < -0.4 is 15.1 Å². The van der Waals surface area contributed by atoms with Crippen molar-refractivity contribution in [2.45, 2.75) is 52.4 Å². The first-order valence-electron chi connectivity index (χ1n) is 11.5. The minimum Gasteiger partial charge on any atom is -0.372 e. The van der Waals surface area contributed by atoms with Crippen molar-refractivity contribution in [3.8, 4) is 0 Å². The first kappa shape index (κ1) is 23.0. The number of amides is 4. The normalized spacial score (nSPS) is 28.0. The van der Waals surface area contributed by atoms with Crippen LogP contribution in [-0.2, 0) is 20.7 Å². The summed E-state index contributed by atoms with van der Waals surface area (Å²) in [5, 5.41) is 13.9. The lowest BCUT2D eigenvalue weighted by molar-refractivity contribution is -0.384. The summed E-state index contributed by atoms with van der Waals surface area (Å²) in [6.07, 6.45) is -0.809. The van der Waals surface area contributed by atoms with E-state index in [4.69, 9.17) is 4.74 Å². The number of anilines is 2. The summed E-state index contributed by atoms with van der Waals surface area (Å²) in [6.45, 7) is 7.82. The topological polar surface area (TPSA) is 122 Å². The number of imide groups is 2. The highest BCUT2D eigenvalue weighted by molar-refractivity contribution is 6.30. The van der Waals surface area contributed by atoms with Crippen LogP contribution in [-0.4, -0.2) is 47.6 Å². The average Bonchev–Trinajstić information content (AvgIpc) is 2.76. The molecule has 3 aliphatic rings. The highest BCUT2D eigenvalue weighted by Crippen LogP contribution is 2.49. The number of hydrogen-bond acceptors (Lipinski definition) is 7. The first-order chi connectivity index (χ1) is 16.5. The molecule has 3 aliphatic heterocycles. The van der Waals surface area contributed by atoms with Crippen molar-refractivity contribution in [2.24, 2.45) is 5.41 Å². The van der Waals surface area contributed by atoms with E-state index in [0.29, 0.717) is 17.8 Å². The van der Waals surface area contributed by atoms with Gasteiger partial charge in [0.1, 0.15) is 0 Å². The number of hydrogen-bond donors (Lipinski definition) is 1. The Labute approximate surface area is 202 Å². The number of aryl methyl sites for hydroxylation is 2. The summed E-state index contributed by atoms with van der Waals surface area (Å²) in [6, 6.07) is 8.34. The van der Waals surface area contributed by atoms with Gasteiger partial charge >= 0.3 is 6.03 Å². The third-order valence-electron chi connectivity index (χ3n) is 7.12. The summed E-state index contributed by atoms with van der Waals surface area (Å²) in [5.41, 5.74) is 1.48. The van der Waals surface area contributed by atoms with Gasteiger partial charge in [-0.2, -0.15) is 0 Å². The Balaban J connectivity index is 1.71. The molecule has 0 aliphatic carbocycles. The molecule has 0 bridgehead atoms. The van der Waals surface area contributed by atoms with Crippen LogP contribution >= 0.6 is 0 Å². The Hall–Kier alpha value is -3.79. The minimum atomic E-state index is -1.71. The number of urea groups is 1. The summed E-state index contributed by atoms with van der Waals surface area (Å²) < 4.78 is 6.08. The Morgan fingerprint density at radius 1 is 1.09 bits per heavy atom. The SMILES string of the molecule is Cc1cc(C)cc(N2C(=O)NC(=O)[C@]3(Cc4cc([N+](=O)[O-])ccc4N4C[C@H](C)O[C@H](C)[C@@H]43)C2=O)c1. The van der Waals surface area contributed by atoms with Crippen molar-refractivity contribution in [3.05, 3.63) is 63.2 Å². The number of non-ortho nitro benzene ring substituents is 1. The monoisotopic (exact) mass is 478 g/mol. The molecule has 2 fully saturated rings. The Bertz CT molecular complexity index is 1270. The van der Waals surface area contributed by atoms with Gasteiger partial charge in [-0.25, -0.2) is 9.69 Å². The predicted octanol–water partition coefficient (Wildman–Crippen LogP) is 3.02. The molecule has 3 heterocycles. The Morgan fingerprint density at radius 2 is 1.77 bits per heavy atom. The largest absolute Gasteiger partial charge is 0.372 e. The van der Waals surface area contributed by atoms with Gasteiger partial charge in [0, 0.05) is 30.8 Å². The van der Waals surface area contributed by atoms with Crippen molar-refractivity contribution >= 4 is 34.9 Å². The maximum absolute atomic E-state index is 14.3. The third kappa shape index (κ3) is 3.39. The fourth-order valence-corrected chi connectivity index (χ4v) is 5.94. The second-order valence-corrected chi connectivity index (χ2v) is 9.71. The molecule has 0 aromatic heterocycles. The molecule has 5 rings (SSSR count). The molecule has 35 heavy (non-hydrogen) atoms. The average molecular weight is 479 g/mol. The second-order valence-electron chi connectivity index (χ2n) is 9.71. The second kappa shape index (κ2) is 7.88. The molecule has 4 amide bonds. The van der Waals surface area contributed by atoms with Gasteiger partial charge in [0.05, 0.1) is 28.9 Å². The molecule has 1 spiro atoms. The fourth-order valence-electron chi connectivity index (χ4n) is 5.94. The van der Waals surface area contributed by atoms with Gasteiger partial charge in [-0.1, -0.05) is 6.07 Å². The molecular weight excluding hydrogens is 452 g/mol. The molecule has 2 saturated heterocycles.